The smallest absolute Gasteiger partial charge is 0.216 e. The molecule has 2 aliphatic carbocycles. The minimum atomic E-state index is 0.236. The van der Waals surface area contributed by atoms with E-state index in [1.807, 2.05) is 6.20 Å². The molecule has 1 fully saturated rings. The number of Topliss-reactive ketones (excluding diaryl/α,β-unsaturated/α-hetero) is 1. The monoisotopic (exact) mass is 357 g/mol. The highest BCUT2D eigenvalue weighted by molar-refractivity contribution is 5.75. The molecule has 1 aromatic rings. The number of carbonyl (C=O) groups is 1. The summed E-state index contributed by atoms with van der Waals surface area (Å²) in [5.41, 5.74) is 3.89. The van der Waals surface area contributed by atoms with Crippen LogP contribution in [0.3, 0.4) is 0 Å². The van der Waals surface area contributed by atoms with Gasteiger partial charge in [0.2, 0.25) is 5.88 Å². The Morgan fingerprint density at radius 2 is 2.19 bits per heavy atom. The molecule has 3 rings (SSSR count). The number of ketones is 1. The van der Waals surface area contributed by atoms with Gasteiger partial charge in [-0.25, -0.2) is 4.98 Å². The van der Waals surface area contributed by atoms with Crippen molar-refractivity contribution in [3.63, 3.8) is 0 Å². The number of pyridine rings is 1. The van der Waals surface area contributed by atoms with Gasteiger partial charge in [-0.2, -0.15) is 0 Å². The van der Waals surface area contributed by atoms with Gasteiger partial charge in [-0.1, -0.05) is 13.0 Å². The number of aromatic nitrogens is 1. The number of hydrogen-bond acceptors (Lipinski definition) is 4. The first-order valence-electron chi connectivity index (χ1n) is 9.91. The summed E-state index contributed by atoms with van der Waals surface area (Å²) in [4.78, 5) is 15.5. The van der Waals surface area contributed by atoms with Crippen LogP contribution in [0.4, 0.5) is 0 Å². The summed E-state index contributed by atoms with van der Waals surface area (Å²) in [6.45, 7) is 7.21. The Balaban J connectivity index is 1.41. The molecule has 0 spiro atoms. The largest absolute Gasteiger partial charge is 0.477 e. The van der Waals surface area contributed by atoms with E-state index >= 15 is 0 Å². The minimum absolute atomic E-state index is 0.236. The quantitative estimate of drug-likeness (QED) is 0.640. The van der Waals surface area contributed by atoms with Gasteiger partial charge in [0, 0.05) is 24.8 Å². The van der Waals surface area contributed by atoms with Crippen LogP contribution in [0, 0.1) is 18.8 Å². The second-order valence-corrected chi connectivity index (χ2v) is 8.03. The summed E-state index contributed by atoms with van der Waals surface area (Å²) in [6.07, 6.45) is 10.8. The fourth-order valence-corrected chi connectivity index (χ4v) is 3.92. The Morgan fingerprint density at radius 3 is 2.88 bits per heavy atom. The standard InChI is InChI=1S/C22H31NO3/c1-15(10-16(2)24)13-25-20-11-18(12-20)14-26-22-17(3)21(8-9-23-22)19-6-4-5-7-19/h6,8-9,15,18,20H,4-5,7,10-14H2,1-3H3/t15-,18?,20?/m1/s1. The zero-order chi connectivity index (χ0) is 18.5. The van der Waals surface area contributed by atoms with Crippen molar-refractivity contribution < 1.29 is 14.3 Å². The predicted molar refractivity (Wildman–Crippen MR) is 103 cm³/mol. The highest BCUT2D eigenvalue weighted by Crippen LogP contribution is 2.34. The van der Waals surface area contributed by atoms with E-state index in [4.69, 9.17) is 9.47 Å². The molecular formula is C22H31NO3. The van der Waals surface area contributed by atoms with Gasteiger partial charge in [0.25, 0.3) is 0 Å². The highest BCUT2D eigenvalue weighted by Gasteiger charge is 2.31. The summed E-state index contributed by atoms with van der Waals surface area (Å²) in [5, 5.41) is 0. The Hall–Kier alpha value is -1.68. The molecule has 4 heteroatoms. The molecule has 2 aliphatic rings. The Bertz CT molecular complexity index is 661. The summed E-state index contributed by atoms with van der Waals surface area (Å²) >= 11 is 0. The number of nitrogens with zero attached hydrogens (tertiary/aromatic N) is 1. The number of rotatable bonds is 9. The zero-order valence-electron chi connectivity index (χ0n) is 16.3. The van der Waals surface area contributed by atoms with E-state index in [1.165, 1.54) is 24.0 Å². The summed E-state index contributed by atoms with van der Waals surface area (Å²) < 4.78 is 11.9. The summed E-state index contributed by atoms with van der Waals surface area (Å²) in [7, 11) is 0. The average molecular weight is 357 g/mol. The van der Waals surface area contributed by atoms with Gasteiger partial charge in [0.1, 0.15) is 5.78 Å². The fraction of sp³-hybridized carbons (Fsp3) is 0.636. The van der Waals surface area contributed by atoms with Gasteiger partial charge in [0.15, 0.2) is 0 Å². The third-order valence-electron chi connectivity index (χ3n) is 5.45. The molecule has 142 valence electrons. The van der Waals surface area contributed by atoms with Crippen LogP contribution in [0.1, 0.15) is 63.5 Å². The van der Waals surface area contributed by atoms with Gasteiger partial charge in [0.05, 0.1) is 12.7 Å². The second kappa shape index (κ2) is 8.81. The molecule has 26 heavy (non-hydrogen) atoms. The van der Waals surface area contributed by atoms with Crippen LogP contribution in [0.2, 0.25) is 0 Å². The van der Waals surface area contributed by atoms with Gasteiger partial charge in [-0.15, -0.1) is 0 Å². The molecule has 1 heterocycles. The van der Waals surface area contributed by atoms with E-state index in [2.05, 4.69) is 31.0 Å². The average Bonchev–Trinajstić information content (AvgIpc) is 3.07. The van der Waals surface area contributed by atoms with E-state index in [-0.39, 0.29) is 5.78 Å². The maximum atomic E-state index is 11.1. The van der Waals surface area contributed by atoms with Crippen molar-refractivity contribution in [1.29, 1.82) is 0 Å². The van der Waals surface area contributed by atoms with Crippen molar-refractivity contribution in [2.45, 2.75) is 65.4 Å². The Labute approximate surface area is 157 Å². The first kappa shape index (κ1) is 19.1. The molecule has 0 amide bonds. The molecule has 1 atom stereocenters. The SMILES string of the molecule is CC(=O)C[C@@H](C)COC1CC(COc2nccc(C3=CCCC3)c2C)C1. The topological polar surface area (TPSA) is 48.4 Å². The van der Waals surface area contributed by atoms with E-state index in [0.717, 1.165) is 30.7 Å². The fourth-order valence-electron chi connectivity index (χ4n) is 3.92. The van der Waals surface area contributed by atoms with Crippen LogP contribution in [0.5, 0.6) is 5.88 Å². The Morgan fingerprint density at radius 1 is 1.38 bits per heavy atom. The van der Waals surface area contributed by atoms with Crippen LogP contribution < -0.4 is 4.74 Å². The number of ether oxygens (including phenoxy) is 2. The van der Waals surface area contributed by atoms with Crippen molar-refractivity contribution >= 4 is 11.4 Å². The van der Waals surface area contributed by atoms with E-state index in [0.29, 0.717) is 37.6 Å². The zero-order valence-corrected chi connectivity index (χ0v) is 16.3. The number of hydrogen-bond donors (Lipinski definition) is 0. The summed E-state index contributed by atoms with van der Waals surface area (Å²) in [6, 6.07) is 2.11. The molecule has 0 aliphatic heterocycles. The van der Waals surface area contributed by atoms with Gasteiger partial charge in [-0.05, 0) is 75.0 Å². The highest BCUT2D eigenvalue weighted by atomic mass is 16.5. The van der Waals surface area contributed by atoms with Crippen molar-refractivity contribution in [2.24, 2.45) is 11.8 Å². The van der Waals surface area contributed by atoms with Crippen LogP contribution in [0.15, 0.2) is 18.3 Å². The van der Waals surface area contributed by atoms with Crippen LogP contribution in [0.25, 0.3) is 5.57 Å². The van der Waals surface area contributed by atoms with Crippen molar-refractivity contribution in [3.8, 4) is 5.88 Å². The molecule has 0 N–H and O–H groups in total. The van der Waals surface area contributed by atoms with Gasteiger partial charge >= 0.3 is 0 Å². The third-order valence-corrected chi connectivity index (χ3v) is 5.45. The van der Waals surface area contributed by atoms with Crippen LogP contribution in [-0.2, 0) is 9.53 Å². The number of allylic oxidation sites excluding steroid dienone is 2. The molecule has 1 saturated carbocycles. The van der Waals surface area contributed by atoms with E-state index in [1.54, 1.807) is 6.92 Å². The predicted octanol–water partition coefficient (Wildman–Crippen LogP) is 4.75. The normalized spacial score (nSPS) is 23.3. The molecular weight excluding hydrogens is 326 g/mol. The molecule has 0 aromatic carbocycles. The first-order chi connectivity index (χ1) is 12.5. The van der Waals surface area contributed by atoms with Crippen LogP contribution >= 0.6 is 0 Å². The van der Waals surface area contributed by atoms with Gasteiger partial charge in [-0.3, -0.25) is 0 Å². The van der Waals surface area contributed by atoms with E-state index in [9.17, 15) is 4.79 Å². The maximum Gasteiger partial charge on any atom is 0.216 e. The van der Waals surface area contributed by atoms with Gasteiger partial charge < -0.3 is 14.3 Å². The van der Waals surface area contributed by atoms with Crippen molar-refractivity contribution in [2.75, 3.05) is 13.2 Å². The molecule has 0 unspecified atom stereocenters. The first-order valence-corrected chi connectivity index (χ1v) is 9.91. The molecule has 0 radical (unpaired) electrons. The molecule has 0 bridgehead atoms. The lowest BCUT2D eigenvalue weighted by Crippen LogP contribution is -2.36. The number of carbonyl (C=O) groups excluding carboxylic acids is 1. The lowest BCUT2D eigenvalue weighted by Gasteiger charge is -2.35. The van der Waals surface area contributed by atoms with Crippen LogP contribution in [-0.4, -0.2) is 30.1 Å². The van der Waals surface area contributed by atoms with Crippen molar-refractivity contribution in [3.05, 3.63) is 29.5 Å². The molecule has 4 nitrogen and oxygen atoms in total. The maximum absolute atomic E-state index is 11.1. The lowest BCUT2D eigenvalue weighted by molar-refractivity contribution is -0.119. The third kappa shape index (κ3) is 4.94. The molecule has 1 aromatic heterocycles. The second-order valence-electron chi connectivity index (χ2n) is 8.03. The van der Waals surface area contributed by atoms with Crippen molar-refractivity contribution in [1.82, 2.24) is 4.98 Å². The Kier molecular flexibility index (Phi) is 6.47. The minimum Gasteiger partial charge on any atom is -0.477 e. The summed E-state index contributed by atoms with van der Waals surface area (Å²) in [5.74, 6) is 1.86. The lowest BCUT2D eigenvalue weighted by atomic mass is 9.83. The van der Waals surface area contributed by atoms with E-state index < -0.39 is 0 Å². The molecule has 0 saturated heterocycles.